The molecule has 9 heteroatoms. The van der Waals surface area contributed by atoms with Gasteiger partial charge in [0.2, 0.25) is 5.91 Å². The standard InChI is InChI=1S/C16H20N4O4S/c1-10(2)24-12-5-3-11(4-6-12)13(7-15(22)23)19-14(21)8-25-16-17-9-18-20-16/h3-6,9-10,13H,7-8H2,1-2H3,(H,19,21)(H,22,23)(H,17,18,20)/p-1/t13-/m0/s1. The molecule has 0 aliphatic carbocycles. The molecule has 1 atom stereocenters. The molecule has 2 N–H and O–H groups in total. The number of thioether (sulfide) groups is 1. The summed E-state index contributed by atoms with van der Waals surface area (Å²) in [4.78, 5) is 27.0. The predicted octanol–water partition coefficient (Wildman–Crippen LogP) is 0.681. The SMILES string of the molecule is CC(C)Oc1ccc([C@H](CC(=O)[O-])NC(=O)CSc2ncn[nH]2)cc1. The van der Waals surface area contributed by atoms with Crippen molar-refractivity contribution >= 4 is 23.6 Å². The zero-order valence-electron chi connectivity index (χ0n) is 13.9. The van der Waals surface area contributed by atoms with E-state index in [0.29, 0.717) is 16.5 Å². The van der Waals surface area contributed by atoms with Crippen molar-refractivity contribution in [3.8, 4) is 5.75 Å². The number of aromatic amines is 1. The van der Waals surface area contributed by atoms with Crippen LogP contribution in [0.1, 0.15) is 31.9 Å². The van der Waals surface area contributed by atoms with E-state index < -0.39 is 12.0 Å². The molecule has 0 saturated heterocycles. The van der Waals surface area contributed by atoms with Gasteiger partial charge in [-0.05, 0) is 31.5 Å². The second kappa shape index (κ2) is 9.07. The highest BCUT2D eigenvalue weighted by Gasteiger charge is 2.16. The number of hydrogen-bond acceptors (Lipinski definition) is 7. The van der Waals surface area contributed by atoms with Gasteiger partial charge in [-0.25, -0.2) is 4.98 Å². The van der Waals surface area contributed by atoms with Crippen LogP contribution in [0.25, 0.3) is 0 Å². The molecule has 0 aliphatic rings. The number of aromatic nitrogens is 3. The molecule has 25 heavy (non-hydrogen) atoms. The van der Waals surface area contributed by atoms with Crippen molar-refractivity contribution < 1.29 is 19.4 Å². The van der Waals surface area contributed by atoms with Crippen molar-refractivity contribution in [3.05, 3.63) is 36.2 Å². The number of carbonyl (C=O) groups is 2. The van der Waals surface area contributed by atoms with E-state index in [2.05, 4.69) is 20.5 Å². The molecular weight excluding hydrogens is 344 g/mol. The molecule has 0 aliphatic heterocycles. The van der Waals surface area contributed by atoms with Gasteiger partial charge < -0.3 is 20.0 Å². The lowest BCUT2D eigenvalue weighted by atomic mass is 10.0. The van der Waals surface area contributed by atoms with Crippen LogP contribution >= 0.6 is 11.8 Å². The normalized spacial score (nSPS) is 12.0. The Morgan fingerprint density at radius 3 is 2.60 bits per heavy atom. The number of amides is 1. The van der Waals surface area contributed by atoms with Gasteiger partial charge in [0.1, 0.15) is 12.1 Å². The van der Waals surface area contributed by atoms with E-state index in [0.717, 1.165) is 0 Å². The van der Waals surface area contributed by atoms with Crippen LogP contribution in [-0.4, -0.2) is 38.9 Å². The highest BCUT2D eigenvalue weighted by Crippen LogP contribution is 2.21. The molecule has 0 spiro atoms. The summed E-state index contributed by atoms with van der Waals surface area (Å²) in [6.45, 7) is 3.83. The summed E-state index contributed by atoms with van der Waals surface area (Å²) >= 11 is 1.18. The van der Waals surface area contributed by atoms with Gasteiger partial charge >= 0.3 is 0 Å². The third-order valence-corrected chi connectivity index (χ3v) is 3.97. The van der Waals surface area contributed by atoms with E-state index in [1.807, 2.05) is 13.8 Å². The monoisotopic (exact) mass is 363 g/mol. The molecule has 8 nitrogen and oxygen atoms in total. The number of nitrogens with zero attached hydrogens (tertiary/aromatic N) is 2. The molecule has 1 amide bonds. The Hall–Kier alpha value is -2.55. The largest absolute Gasteiger partial charge is 0.550 e. The predicted molar refractivity (Wildman–Crippen MR) is 89.8 cm³/mol. The topological polar surface area (TPSA) is 120 Å². The lowest BCUT2D eigenvalue weighted by Gasteiger charge is -2.20. The highest BCUT2D eigenvalue weighted by atomic mass is 32.2. The van der Waals surface area contributed by atoms with Gasteiger partial charge in [0.05, 0.1) is 17.9 Å². The van der Waals surface area contributed by atoms with Crippen molar-refractivity contribution in [3.63, 3.8) is 0 Å². The van der Waals surface area contributed by atoms with Crippen LogP contribution in [0.15, 0.2) is 35.7 Å². The number of hydrogen-bond donors (Lipinski definition) is 2. The summed E-state index contributed by atoms with van der Waals surface area (Å²) in [5.74, 6) is -0.781. The summed E-state index contributed by atoms with van der Waals surface area (Å²) in [6.07, 6.45) is 1.07. The fourth-order valence-corrected chi connectivity index (χ4v) is 2.69. The Morgan fingerprint density at radius 1 is 1.32 bits per heavy atom. The first kappa shape index (κ1) is 18.8. The molecule has 1 heterocycles. The van der Waals surface area contributed by atoms with Crippen molar-refractivity contribution in [2.75, 3.05) is 5.75 Å². The van der Waals surface area contributed by atoms with Crippen LogP contribution in [0.2, 0.25) is 0 Å². The number of ether oxygens (including phenoxy) is 1. The molecular formula is C16H19N4O4S-. The van der Waals surface area contributed by atoms with Crippen LogP contribution in [0.3, 0.4) is 0 Å². The average Bonchev–Trinajstić information content (AvgIpc) is 3.05. The van der Waals surface area contributed by atoms with Gasteiger partial charge in [0.15, 0.2) is 5.16 Å². The van der Waals surface area contributed by atoms with Gasteiger partial charge in [-0.3, -0.25) is 9.89 Å². The fraction of sp³-hybridized carbons (Fsp3) is 0.375. The number of rotatable bonds is 9. The number of carboxylic acid groups (broad SMARTS) is 1. The quantitative estimate of drug-likeness (QED) is 0.629. The summed E-state index contributed by atoms with van der Waals surface area (Å²) in [5, 5.41) is 20.6. The zero-order valence-corrected chi connectivity index (χ0v) is 14.7. The number of carbonyl (C=O) groups excluding carboxylic acids is 2. The molecule has 0 bridgehead atoms. The first-order valence-corrected chi connectivity index (χ1v) is 8.66. The molecule has 0 unspecified atom stereocenters. The van der Waals surface area contributed by atoms with Gasteiger partial charge in [-0.1, -0.05) is 23.9 Å². The molecule has 1 aromatic heterocycles. The average molecular weight is 363 g/mol. The minimum atomic E-state index is -1.24. The number of benzene rings is 1. The Bertz CT molecular complexity index is 689. The van der Waals surface area contributed by atoms with Crippen molar-refractivity contribution in [1.29, 1.82) is 0 Å². The number of H-pyrrole nitrogens is 1. The second-order valence-electron chi connectivity index (χ2n) is 5.51. The van der Waals surface area contributed by atoms with Crippen molar-refractivity contribution in [2.45, 2.75) is 37.6 Å². The van der Waals surface area contributed by atoms with E-state index >= 15 is 0 Å². The molecule has 2 aromatic rings. The maximum absolute atomic E-state index is 12.1. The van der Waals surface area contributed by atoms with Crippen LogP contribution in [-0.2, 0) is 9.59 Å². The first-order chi connectivity index (χ1) is 11.9. The minimum Gasteiger partial charge on any atom is -0.550 e. The zero-order chi connectivity index (χ0) is 18.2. The number of aliphatic carboxylic acids is 1. The minimum absolute atomic E-state index is 0.0395. The first-order valence-electron chi connectivity index (χ1n) is 7.68. The summed E-state index contributed by atoms with van der Waals surface area (Å²) in [7, 11) is 0. The maximum atomic E-state index is 12.1. The summed E-state index contributed by atoms with van der Waals surface area (Å²) < 4.78 is 5.56. The van der Waals surface area contributed by atoms with Crippen LogP contribution < -0.4 is 15.2 Å². The van der Waals surface area contributed by atoms with Gasteiger partial charge in [0.25, 0.3) is 0 Å². The van der Waals surface area contributed by atoms with Crippen molar-refractivity contribution in [1.82, 2.24) is 20.5 Å². The maximum Gasteiger partial charge on any atom is 0.230 e. The Balaban J connectivity index is 1.99. The summed E-state index contributed by atoms with van der Waals surface area (Å²) in [5.41, 5.74) is 0.665. The van der Waals surface area contributed by atoms with E-state index in [4.69, 9.17) is 4.74 Å². The molecule has 2 rings (SSSR count). The smallest absolute Gasteiger partial charge is 0.230 e. The second-order valence-corrected chi connectivity index (χ2v) is 6.48. The Labute approximate surface area is 149 Å². The van der Waals surface area contributed by atoms with E-state index in [-0.39, 0.29) is 24.2 Å². The Kier molecular flexibility index (Phi) is 6.81. The van der Waals surface area contributed by atoms with Crippen LogP contribution in [0, 0.1) is 0 Å². The Morgan fingerprint density at radius 2 is 2.04 bits per heavy atom. The molecule has 0 saturated carbocycles. The van der Waals surface area contributed by atoms with Crippen LogP contribution in [0.4, 0.5) is 0 Å². The fourth-order valence-electron chi connectivity index (χ4n) is 2.10. The highest BCUT2D eigenvalue weighted by molar-refractivity contribution is 7.99. The summed E-state index contributed by atoms with van der Waals surface area (Å²) in [6, 6.07) is 6.27. The van der Waals surface area contributed by atoms with E-state index in [9.17, 15) is 14.7 Å². The third kappa shape index (κ3) is 6.46. The van der Waals surface area contributed by atoms with E-state index in [1.165, 1.54) is 18.1 Å². The third-order valence-electron chi connectivity index (χ3n) is 3.09. The van der Waals surface area contributed by atoms with Gasteiger partial charge in [-0.15, -0.1) is 0 Å². The molecule has 0 fully saturated rings. The number of carboxylic acids is 1. The molecule has 1 aromatic carbocycles. The lowest BCUT2D eigenvalue weighted by molar-refractivity contribution is -0.306. The van der Waals surface area contributed by atoms with Crippen LogP contribution in [0.5, 0.6) is 5.75 Å². The van der Waals surface area contributed by atoms with E-state index in [1.54, 1.807) is 24.3 Å². The molecule has 0 radical (unpaired) electrons. The van der Waals surface area contributed by atoms with Gasteiger partial charge in [-0.2, -0.15) is 5.10 Å². The van der Waals surface area contributed by atoms with Crippen molar-refractivity contribution in [2.24, 2.45) is 0 Å². The molecule has 134 valence electrons. The number of nitrogens with one attached hydrogen (secondary N) is 2. The van der Waals surface area contributed by atoms with Gasteiger partial charge in [0, 0.05) is 12.4 Å². The lowest BCUT2D eigenvalue weighted by Crippen LogP contribution is -2.35.